The second-order valence-corrected chi connectivity index (χ2v) is 5.00. The largest absolute Gasteiger partial charge is 0.493 e. The van der Waals surface area contributed by atoms with E-state index < -0.39 is 0 Å². The molecule has 0 bridgehead atoms. The summed E-state index contributed by atoms with van der Waals surface area (Å²) in [6.07, 6.45) is 0.997. The molecule has 2 heteroatoms. The molecule has 0 aliphatic heterocycles. The summed E-state index contributed by atoms with van der Waals surface area (Å²) in [5, 5.41) is 3.27. The summed E-state index contributed by atoms with van der Waals surface area (Å²) in [5.74, 6) is 1.01. The van der Waals surface area contributed by atoms with E-state index in [4.69, 9.17) is 4.74 Å². The predicted molar refractivity (Wildman–Crippen MR) is 69.2 cm³/mol. The summed E-state index contributed by atoms with van der Waals surface area (Å²) in [7, 11) is 1.98. The van der Waals surface area contributed by atoms with Crippen molar-refractivity contribution in [2.45, 2.75) is 39.7 Å². The smallest absolute Gasteiger partial charge is 0.122 e. The lowest BCUT2D eigenvalue weighted by Gasteiger charge is -2.24. The molecule has 0 fully saturated rings. The van der Waals surface area contributed by atoms with Crippen molar-refractivity contribution in [2.75, 3.05) is 13.7 Å². The molecule has 1 rings (SSSR count). The molecular weight excluding hydrogens is 198 g/mol. The van der Waals surface area contributed by atoms with Crippen LogP contribution in [0.2, 0.25) is 0 Å². The summed E-state index contributed by atoms with van der Waals surface area (Å²) < 4.78 is 5.82. The van der Waals surface area contributed by atoms with Gasteiger partial charge < -0.3 is 10.1 Å². The molecule has 1 aromatic carbocycles. The van der Waals surface area contributed by atoms with Crippen LogP contribution in [0, 0.1) is 13.8 Å². The number of ether oxygens (including phenoxy) is 1. The minimum absolute atomic E-state index is 0.137. The van der Waals surface area contributed by atoms with Gasteiger partial charge in [0.25, 0.3) is 0 Å². The molecule has 0 atom stereocenters. The Morgan fingerprint density at radius 3 is 2.56 bits per heavy atom. The zero-order valence-electron chi connectivity index (χ0n) is 11.1. The summed E-state index contributed by atoms with van der Waals surface area (Å²) in [4.78, 5) is 0. The minimum atomic E-state index is 0.137. The second kappa shape index (κ2) is 5.35. The van der Waals surface area contributed by atoms with Crippen molar-refractivity contribution in [3.05, 3.63) is 29.3 Å². The van der Waals surface area contributed by atoms with Crippen molar-refractivity contribution in [3.63, 3.8) is 0 Å². The van der Waals surface area contributed by atoms with E-state index in [1.54, 1.807) is 0 Å². The van der Waals surface area contributed by atoms with Gasteiger partial charge in [-0.05, 0) is 58.4 Å². The molecule has 0 aliphatic rings. The van der Waals surface area contributed by atoms with Crippen molar-refractivity contribution < 1.29 is 4.74 Å². The van der Waals surface area contributed by atoms with Crippen LogP contribution in [0.15, 0.2) is 18.2 Å². The first-order valence-corrected chi connectivity index (χ1v) is 5.83. The molecule has 0 aliphatic carbocycles. The Hall–Kier alpha value is -1.02. The molecule has 0 saturated carbocycles. The highest BCUT2D eigenvalue weighted by Crippen LogP contribution is 2.20. The van der Waals surface area contributed by atoms with Gasteiger partial charge in [-0.25, -0.2) is 0 Å². The quantitative estimate of drug-likeness (QED) is 0.825. The van der Waals surface area contributed by atoms with Crippen LogP contribution >= 0.6 is 0 Å². The topological polar surface area (TPSA) is 21.3 Å². The second-order valence-electron chi connectivity index (χ2n) is 5.00. The van der Waals surface area contributed by atoms with Gasteiger partial charge >= 0.3 is 0 Å². The number of benzene rings is 1. The molecule has 0 unspecified atom stereocenters. The molecule has 0 amide bonds. The average molecular weight is 221 g/mol. The standard InChI is InChI=1S/C14H23NO/c1-11-6-7-12(2)13(10-11)16-9-8-14(3,4)15-5/h6-7,10,15H,8-9H2,1-5H3. The molecular formula is C14H23NO. The summed E-state index contributed by atoms with van der Waals surface area (Å²) in [6.45, 7) is 9.28. The van der Waals surface area contributed by atoms with Crippen molar-refractivity contribution in [2.24, 2.45) is 0 Å². The molecule has 0 heterocycles. The summed E-state index contributed by atoms with van der Waals surface area (Å²) in [6, 6.07) is 6.31. The fraction of sp³-hybridized carbons (Fsp3) is 0.571. The average Bonchev–Trinajstić information content (AvgIpc) is 2.23. The number of rotatable bonds is 5. The van der Waals surface area contributed by atoms with Gasteiger partial charge in [-0.3, -0.25) is 0 Å². The third kappa shape index (κ3) is 3.86. The van der Waals surface area contributed by atoms with Crippen molar-refractivity contribution >= 4 is 0 Å². The Labute approximate surface area is 99.0 Å². The molecule has 0 radical (unpaired) electrons. The Kier molecular flexibility index (Phi) is 4.36. The molecule has 0 spiro atoms. The number of aryl methyl sites for hydroxylation is 2. The molecule has 1 aromatic rings. The van der Waals surface area contributed by atoms with E-state index in [0.29, 0.717) is 0 Å². The monoisotopic (exact) mass is 221 g/mol. The predicted octanol–water partition coefficient (Wildman–Crippen LogP) is 3.07. The molecule has 1 N–H and O–H groups in total. The van der Waals surface area contributed by atoms with Crippen LogP contribution in [0.1, 0.15) is 31.4 Å². The summed E-state index contributed by atoms with van der Waals surface area (Å²) >= 11 is 0. The lowest BCUT2D eigenvalue weighted by molar-refractivity contribution is 0.254. The summed E-state index contributed by atoms with van der Waals surface area (Å²) in [5.41, 5.74) is 2.58. The van der Waals surface area contributed by atoms with Crippen LogP contribution in [0.5, 0.6) is 5.75 Å². The van der Waals surface area contributed by atoms with Crippen LogP contribution in [-0.2, 0) is 0 Å². The number of hydrogen-bond donors (Lipinski definition) is 1. The van der Waals surface area contributed by atoms with Gasteiger partial charge in [-0.2, -0.15) is 0 Å². The maximum absolute atomic E-state index is 5.82. The van der Waals surface area contributed by atoms with Gasteiger partial charge in [0.1, 0.15) is 5.75 Å². The van der Waals surface area contributed by atoms with Gasteiger partial charge in [0.05, 0.1) is 6.61 Å². The number of hydrogen-bond acceptors (Lipinski definition) is 2. The first-order chi connectivity index (χ1) is 7.44. The zero-order chi connectivity index (χ0) is 12.2. The van der Waals surface area contributed by atoms with E-state index in [2.05, 4.69) is 51.2 Å². The molecule has 90 valence electrons. The van der Waals surface area contributed by atoms with E-state index in [9.17, 15) is 0 Å². The minimum Gasteiger partial charge on any atom is -0.493 e. The van der Waals surface area contributed by atoms with E-state index in [0.717, 1.165) is 18.8 Å². The molecule has 0 saturated heterocycles. The maximum atomic E-state index is 5.82. The highest BCUT2D eigenvalue weighted by Gasteiger charge is 2.14. The Bertz CT molecular complexity index is 345. The highest BCUT2D eigenvalue weighted by atomic mass is 16.5. The maximum Gasteiger partial charge on any atom is 0.122 e. The lowest BCUT2D eigenvalue weighted by atomic mass is 10.0. The van der Waals surface area contributed by atoms with Crippen LogP contribution < -0.4 is 10.1 Å². The Morgan fingerprint density at radius 2 is 1.94 bits per heavy atom. The fourth-order valence-electron chi connectivity index (χ4n) is 1.40. The van der Waals surface area contributed by atoms with Gasteiger partial charge in [-0.1, -0.05) is 12.1 Å². The van der Waals surface area contributed by atoms with Gasteiger partial charge in [-0.15, -0.1) is 0 Å². The van der Waals surface area contributed by atoms with E-state index in [-0.39, 0.29) is 5.54 Å². The van der Waals surface area contributed by atoms with E-state index >= 15 is 0 Å². The van der Waals surface area contributed by atoms with Crippen LogP contribution in [0.25, 0.3) is 0 Å². The van der Waals surface area contributed by atoms with Crippen molar-refractivity contribution in [3.8, 4) is 5.75 Å². The third-order valence-corrected chi connectivity index (χ3v) is 3.01. The van der Waals surface area contributed by atoms with Crippen LogP contribution in [0.3, 0.4) is 0 Å². The number of nitrogens with one attached hydrogen (secondary N) is 1. The van der Waals surface area contributed by atoms with Crippen LogP contribution in [-0.4, -0.2) is 19.2 Å². The van der Waals surface area contributed by atoms with Gasteiger partial charge in [0.2, 0.25) is 0 Å². The molecule has 0 aromatic heterocycles. The van der Waals surface area contributed by atoms with Gasteiger partial charge in [0, 0.05) is 5.54 Å². The van der Waals surface area contributed by atoms with E-state index in [1.807, 2.05) is 7.05 Å². The first kappa shape index (κ1) is 13.0. The fourth-order valence-corrected chi connectivity index (χ4v) is 1.40. The zero-order valence-corrected chi connectivity index (χ0v) is 11.1. The van der Waals surface area contributed by atoms with E-state index in [1.165, 1.54) is 11.1 Å². The Balaban J connectivity index is 2.52. The normalized spacial score (nSPS) is 11.6. The van der Waals surface area contributed by atoms with Crippen molar-refractivity contribution in [1.29, 1.82) is 0 Å². The SMILES string of the molecule is CNC(C)(C)CCOc1cc(C)ccc1C. The highest BCUT2D eigenvalue weighted by molar-refractivity contribution is 5.35. The van der Waals surface area contributed by atoms with Crippen molar-refractivity contribution in [1.82, 2.24) is 5.32 Å². The lowest BCUT2D eigenvalue weighted by Crippen LogP contribution is -2.37. The van der Waals surface area contributed by atoms with Gasteiger partial charge in [0.15, 0.2) is 0 Å². The van der Waals surface area contributed by atoms with Crippen LogP contribution in [0.4, 0.5) is 0 Å². The third-order valence-electron chi connectivity index (χ3n) is 3.01. The molecule has 2 nitrogen and oxygen atoms in total. The Morgan fingerprint density at radius 1 is 1.25 bits per heavy atom. The molecule has 16 heavy (non-hydrogen) atoms. The first-order valence-electron chi connectivity index (χ1n) is 5.83.